The van der Waals surface area contributed by atoms with Gasteiger partial charge in [0.05, 0.1) is 5.01 Å². The Hall–Kier alpha value is -0.710. The number of nitrogens with zero attached hydrogens (tertiary/aromatic N) is 1. The molecule has 2 heterocycles. The molecule has 0 bridgehead atoms. The maximum atomic E-state index is 4.28. The van der Waals surface area contributed by atoms with Crippen LogP contribution in [0.5, 0.6) is 0 Å². The van der Waals surface area contributed by atoms with Gasteiger partial charge in [0, 0.05) is 40.8 Å². The summed E-state index contributed by atoms with van der Waals surface area (Å²) in [6, 6.07) is 4.49. The van der Waals surface area contributed by atoms with E-state index in [2.05, 4.69) is 43.2 Å². The lowest BCUT2D eigenvalue weighted by Gasteiger charge is -2.15. The van der Waals surface area contributed by atoms with Gasteiger partial charge in [-0.05, 0) is 17.5 Å². The Morgan fingerprint density at radius 2 is 2.11 bits per heavy atom. The Kier molecular flexibility index (Phi) is 4.54. The molecule has 2 nitrogen and oxygen atoms in total. The first-order valence-electron chi connectivity index (χ1n) is 6.24. The van der Waals surface area contributed by atoms with E-state index in [9.17, 15) is 0 Å². The largest absolute Gasteiger partial charge is 0.311 e. The minimum absolute atomic E-state index is 0.268. The van der Waals surface area contributed by atoms with Crippen molar-refractivity contribution in [2.45, 2.75) is 39.2 Å². The van der Waals surface area contributed by atoms with E-state index in [1.165, 1.54) is 14.8 Å². The SMILES string of the molecule is CC(C)(C)c1ccc(CNCCc2nccs2)s1. The summed E-state index contributed by atoms with van der Waals surface area (Å²) < 4.78 is 0. The summed E-state index contributed by atoms with van der Waals surface area (Å²) in [5, 5.41) is 6.73. The van der Waals surface area contributed by atoms with Gasteiger partial charge in [0.15, 0.2) is 0 Å². The average molecular weight is 280 g/mol. The molecule has 18 heavy (non-hydrogen) atoms. The van der Waals surface area contributed by atoms with Gasteiger partial charge in [0.2, 0.25) is 0 Å². The third kappa shape index (κ3) is 3.90. The predicted molar refractivity (Wildman–Crippen MR) is 80.5 cm³/mol. The Bertz CT molecular complexity index is 466. The summed E-state index contributed by atoms with van der Waals surface area (Å²) in [6.45, 7) is 8.75. The fourth-order valence-electron chi connectivity index (χ4n) is 1.66. The van der Waals surface area contributed by atoms with E-state index in [-0.39, 0.29) is 5.41 Å². The van der Waals surface area contributed by atoms with Crippen molar-refractivity contribution in [2.24, 2.45) is 0 Å². The van der Waals surface area contributed by atoms with Crippen LogP contribution in [0.1, 0.15) is 35.5 Å². The van der Waals surface area contributed by atoms with Gasteiger partial charge in [-0.15, -0.1) is 22.7 Å². The van der Waals surface area contributed by atoms with Gasteiger partial charge in [-0.3, -0.25) is 0 Å². The molecule has 98 valence electrons. The summed E-state index contributed by atoms with van der Waals surface area (Å²) in [4.78, 5) is 7.15. The van der Waals surface area contributed by atoms with Crippen LogP contribution in [0.25, 0.3) is 0 Å². The second-order valence-corrected chi connectivity index (χ2v) is 7.52. The summed E-state index contributed by atoms with van der Waals surface area (Å²) in [6.07, 6.45) is 2.89. The third-order valence-electron chi connectivity index (χ3n) is 2.70. The zero-order valence-corrected chi connectivity index (χ0v) is 12.8. The number of thiophene rings is 1. The molecule has 0 aromatic carbocycles. The molecule has 1 N–H and O–H groups in total. The van der Waals surface area contributed by atoms with Crippen molar-refractivity contribution in [3.8, 4) is 0 Å². The van der Waals surface area contributed by atoms with Crippen LogP contribution in [0.2, 0.25) is 0 Å². The van der Waals surface area contributed by atoms with Crippen LogP contribution in [0, 0.1) is 0 Å². The van der Waals surface area contributed by atoms with E-state index in [1.807, 2.05) is 22.9 Å². The van der Waals surface area contributed by atoms with E-state index in [1.54, 1.807) is 11.3 Å². The Balaban J connectivity index is 1.75. The van der Waals surface area contributed by atoms with Crippen LogP contribution < -0.4 is 5.32 Å². The summed E-state index contributed by atoms with van der Waals surface area (Å²) in [5.41, 5.74) is 0.268. The highest BCUT2D eigenvalue weighted by Crippen LogP contribution is 2.29. The van der Waals surface area contributed by atoms with Gasteiger partial charge in [0.25, 0.3) is 0 Å². The van der Waals surface area contributed by atoms with Gasteiger partial charge in [-0.2, -0.15) is 0 Å². The molecule has 0 fully saturated rings. The number of rotatable bonds is 5. The number of hydrogen-bond acceptors (Lipinski definition) is 4. The molecule has 0 spiro atoms. The maximum absolute atomic E-state index is 4.28. The van der Waals surface area contributed by atoms with Gasteiger partial charge < -0.3 is 5.32 Å². The molecule has 0 aliphatic rings. The van der Waals surface area contributed by atoms with E-state index in [4.69, 9.17) is 0 Å². The number of hydrogen-bond donors (Lipinski definition) is 1. The lowest BCUT2D eigenvalue weighted by atomic mass is 9.95. The second kappa shape index (κ2) is 5.95. The number of nitrogens with one attached hydrogen (secondary N) is 1. The van der Waals surface area contributed by atoms with Gasteiger partial charge in [-0.25, -0.2) is 4.98 Å². The molecule has 0 amide bonds. The Morgan fingerprint density at radius 1 is 1.28 bits per heavy atom. The van der Waals surface area contributed by atoms with Crippen molar-refractivity contribution in [1.29, 1.82) is 0 Å². The van der Waals surface area contributed by atoms with Crippen LogP contribution in [0.3, 0.4) is 0 Å². The highest BCUT2D eigenvalue weighted by molar-refractivity contribution is 7.12. The molecule has 0 radical (unpaired) electrons. The monoisotopic (exact) mass is 280 g/mol. The topological polar surface area (TPSA) is 24.9 Å². The minimum Gasteiger partial charge on any atom is -0.311 e. The minimum atomic E-state index is 0.268. The third-order valence-corrected chi connectivity index (χ3v) is 5.05. The molecule has 4 heteroatoms. The van der Waals surface area contributed by atoms with Gasteiger partial charge >= 0.3 is 0 Å². The van der Waals surface area contributed by atoms with E-state index < -0.39 is 0 Å². The highest BCUT2D eigenvalue weighted by atomic mass is 32.1. The van der Waals surface area contributed by atoms with Crippen molar-refractivity contribution in [2.75, 3.05) is 6.54 Å². The number of thiazole rings is 1. The second-order valence-electron chi connectivity index (χ2n) is 5.37. The van der Waals surface area contributed by atoms with Crippen LogP contribution in [0.15, 0.2) is 23.7 Å². The fraction of sp³-hybridized carbons (Fsp3) is 0.500. The standard InChI is InChI=1S/C14H20N2S2/c1-14(2,3)12-5-4-11(18-12)10-15-7-6-13-16-8-9-17-13/h4-5,8-9,15H,6-7,10H2,1-3H3. The Morgan fingerprint density at radius 3 is 2.72 bits per heavy atom. The molecule has 0 unspecified atom stereocenters. The number of aromatic nitrogens is 1. The molecule has 0 atom stereocenters. The first-order chi connectivity index (χ1) is 8.55. The zero-order chi connectivity index (χ0) is 13.0. The first kappa shape index (κ1) is 13.7. The maximum Gasteiger partial charge on any atom is 0.0937 e. The highest BCUT2D eigenvalue weighted by Gasteiger charge is 2.15. The van der Waals surface area contributed by atoms with E-state index in [0.717, 1.165) is 19.5 Å². The molecule has 0 saturated heterocycles. The van der Waals surface area contributed by atoms with Crippen molar-refractivity contribution in [3.63, 3.8) is 0 Å². The average Bonchev–Trinajstić information content (AvgIpc) is 2.95. The molecule has 0 aliphatic carbocycles. The normalized spacial score (nSPS) is 11.9. The lowest BCUT2D eigenvalue weighted by Crippen LogP contribution is -2.15. The molecule has 0 aliphatic heterocycles. The summed E-state index contributed by atoms with van der Waals surface area (Å²) >= 11 is 3.64. The van der Waals surface area contributed by atoms with Crippen molar-refractivity contribution < 1.29 is 0 Å². The molecular weight excluding hydrogens is 260 g/mol. The van der Waals surface area contributed by atoms with Crippen LogP contribution in [-0.4, -0.2) is 11.5 Å². The smallest absolute Gasteiger partial charge is 0.0937 e. The summed E-state index contributed by atoms with van der Waals surface area (Å²) in [5.74, 6) is 0. The predicted octanol–water partition coefficient (Wildman–Crippen LogP) is 3.83. The Labute approximate surface area is 117 Å². The van der Waals surface area contributed by atoms with Crippen LogP contribution >= 0.6 is 22.7 Å². The van der Waals surface area contributed by atoms with Crippen LogP contribution in [0.4, 0.5) is 0 Å². The quantitative estimate of drug-likeness (QED) is 0.842. The van der Waals surface area contributed by atoms with E-state index in [0.29, 0.717) is 0 Å². The molecule has 2 aromatic heterocycles. The molecular formula is C14H20N2S2. The van der Waals surface area contributed by atoms with Crippen LogP contribution in [-0.2, 0) is 18.4 Å². The van der Waals surface area contributed by atoms with E-state index >= 15 is 0 Å². The molecule has 2 rings (SSSR count). The lowest BCUT2D eigenvalue weighted by molar-refractivity contribution is 0.604. The van der Waals surface area contributed by atoms with Gasteiger partial charge in [0.1, 0.15) is 0 Å². The fourth-order valence-corrected chi connectivity index (χ4v) is 3.31. The molecule has 0 saturated carbocycles. The summed E-state index contributed by atoms with van der Waals surface area (Å²) in [7, 11) is 0. The zero-order valence-electron chi connectivity index (χ0n) is 11.2. The van der Waals surface area contributed by atoms with Crippen molar-refractivity contribution >= 4 is 22.7 Å². The van der Waals surface area contributed by atoms with Crippen molar-refractivity contribution in [3.05, 3.63) is 38.5 Å². The van der Waals surface area contributed by atoms with Crippen molar-refractivity contribution in [1.82, 2.24) is 10.3 Å². The van der Waals surface area contributed by atoms with Gasteiger partial charge in [-0.1, -0.05) is 20.8 Å². The first-order valence-corrected chi connectivity index (χ1v) is 7.93. The molecule has 2 aromatic rings.